The monoisotopic (exact) mass is 353 g/mol. The summed E-state index contributed by atoms with van der Waals surface area (Å²) in [6.07, 6.45) is 0.771. The fourth-order valence-corrected chi connectivity index (χ4v) is 1.91. The normalized spacial score (nSPS) is 11.6. The second-order valence-corrected chi connectivity index (χ2v) is 4.33. The van der Waals surface area contributed by atoms with Crippen LogP contribution in [0.5, 0.6) is 11.5 Å². The summed E-state index contributed by atoms with van der Waals surface area (Å²) in [5.41, 5.74) is 6.83. The van der Waals surface area contributed by atoms with E-state index in [4.69, 9.17) is 15.2 Å². The van der Waals surface area contributed by atoms with Gasteiger partial charge in [0.2, 0.25) is 0 Å². The van der Waals surface area contributed by atoms with Crippen molar-refractivity contribution < 1.29 is 9.47 Å². The molecule has 1 atom stereocenters. The lowest BCUT2D eigenvalue weighted by atomic mass is 10.1. The summed E-state index contributed by atoms with van der Waals surface area (Å²) in [5.74, 6) is 1.63. The molecule has 0 bridgehead atoms. The van der Waals surface area contributed by atoms with Gasteiger partial charge in [0.05, 0.1) is 18.7 Å². The molecule has 0 heterocycles. The maximum atomic E-state index is 5.77. The molecule has 0 saturated heterocycles. The van der Waals surface area contributed by atoms with Crippen LogP contribution in [0.25, 0.3) is 0 Å². The molecule has 0 amide bonds. The van der Waals surface area contributed by atoms with E-state index in [2.05, 4.69) is 15.9 Å². The molecule has 1 aromatic carbocycles. The molecule has 5 heteroatoms. The van der Waals surface area contributed by atoms with Crippen LogP contribution in [-0.4, -0.2) is 20.3 Å². The minimum atomic E-state index is 0. The largest absolute Gasteiger partial charge is 0.496 e. The highest BCUT2D eigenvalue weighted by Crippen LogP contribution is 2.33. The summed E-state index contributed by atoms with van der Waals surface area (Å²) in [6.45, 7) is 1.97. The molecule has 3 nitrogen and oxygen atoms in total. The molecule has 0 fully saturated rings. The number of ether oxygens (including phenoxy) is 2. The molecule has 2 N–H and O–H groups in total. The van der Waals surface area contributed by atoms with Crippen LogP contribution in [0.1, 0.15) is 12.5 Å². The van der Waals surface area contributed by atoms with Gasteiger partial charge in [0, 0.05) is 6.04 Å². The summed E-state index contributed by atoms with van der Waals surface area (Å²) in [7, 11) is 3.29. The molecule has 0 aliphatic heterocycles. The van der Waals surface area contributed by atoms with Gasteiger partial charge in [-0.2, -0.15) is 0 Å². The molecule has 0 aliphatic carbocycles. The number of halogens is 2. The molecule has 0 aromatic heterocycles. The Balaban J connectivity index is 0.00000225. The van der Waals surface area contributed by atoms with E-state index in [1.54, 1.807) is 14.2 Å². The van der Waals surface area contributed by atoms with Crippen molar-refractivity contribution in [1.29, 1.82) is 0 Å². The Bertz CT molecular complexity index is 343. The van der Waals surface area contributed by atoms with E-state index in [1.807, 2.05) is 19.1 Å². The van der Waals surface area contributed by atoms with Crippen molar-refractivity contribution in [3.8, 4) is 11.5 Å². The zero-order chi connectivity index (χ0) is 11.4. The molecule has 1 aromatic rings. The molecule has 0 radical (unpaired) electrons. The minimum absolute atomic E-state index is 0. The summed E-state index contributed by atoms with van der Waals surface area (Å²) in [6, 6.07) is 3.95. The lowest BCUT2D eigenvalue weighted by Crippen LogP contribution is -2.18. The number of rotatable bonds is 4. The first-order chi connectivity index (χ1) is 7.08. The van der Waals surface area contributed by atoms with Crippen LogP contribution in [0.3, 0.4) is 0 Å². The Hall–Kier alpha value is -0.260. The van der Waals surface area contributed by atoms with Gasteiger partial charge in [0.25, 0.3) is 0 Å². The highest BCUT2D eigenvalue weighted by atomic mass is 79.9. The van der Waals surface area contributed by atoms with E-state index in [9.17, 15) is 0 Å². The zero-order valence-electron chi connectivity index (χ0n) is 9.62. The van der Waals surface area contributed by atoms with Crippen LogP contribution >= 0.6 is 32.9 Å². The number of nitrogens with two attached hydrogens (primary N) is 1. The smallest absolute Gasteiger partial charge is 0.133 e. The van der Waals surface area contributed by atoms with Gasteiger partial charge in [0.15, 0.2) is 0 Å². The topological polar surface area (TPSA) is 44.5 Å². The van der Waals surface area contributed by atoms with E-state index in [0.29, 0.717) is 0 Å². The summed E-state index contributed by atoms with van der Waals surface area (Å²) >= 11 is 3.41. The van der Waals surface area contributed by atoms with E-state index < -0.39 is 0 Å². The van der Waals surface area contributed by atoms with E-state index in [1.165, 1.54) is 0 Å². The van der Waals surface area contributed by atoms with Crippen molar-refractivity contribution in [3.63, 3.8) is 0 Å². The SMILES string of the molecule is Br.COc1cc(C[C@H](C)N)c(OC)cc1Br. The standard InChI is InChI=1S/C11H16BrNO2.BrH/c1-7(13)4-8-5-11(15-3)9(12)6-10(8)14-2;/h5-7H,4,13H2,1-3H3;1H/t7-;/m0./s1. The predicted octanol–water partition coefficient (Wildman–Crippen LogP) is 2.93. The van der Waals surface area contributed by atoms with E-state index >= 15 is 0 Å². The molecule has 92 valence electrons. The third-order valence-corrected chi connectivity index (χ3v) is 2.72. The van der Waals surface area contributed by atoms with E-state index in [0.717, 1.165) is 28.0 Å². The lowest BCUT2D eigenvalue weighted by molar-refractivity contribution is 0.395. The number of hydrogen-bond donors (Lipinski definition) is 1. The molecule has 0 unspecified atom stereocenters. The quantitative estimate of drug-likeness (QED) is 0.904. The van der Waals surface area contributed by atoms with Crippen LogP contribution < -0.4 is 15.2 Å². The third kappa shape index (κ3) is 3.96. The van der Waals surface area contributed by atoms with Gasteiger partial charge in [-0.15, -0.1) is 17.0 Å². The average molecular weight is 355 g/mol. The molecule has 0 aliphatic rings. The van der Waals surface area contributed by atoms with Gasteiger partial charge in [-0.3, -0.25) is 0 Å². The highest BCUT2D eigenvalue weighted by Gasteiger charge is 2.10. The van der Waals surface area contributed by atoms with Gasteiger partial charge in [0.1, 0.15) is 11.5 Å². The minimum Gasteiger partial charge on any atom is -0.496 e. The molecule has 1 rings (SSSR count). The Labute approximate surface area is 115 Å². The second kappa shape index (κ2) is 7.14. The van der Waals surface area contributed by atoms with Gasteiger partial charge in [-0.25, -0.2) is 0 Å². The summed E-state index contributed by atoms with van der Waals surface area (Å²) in [5, 5.41) is 0. The van der Waals surface area contributed by atoms with Gasteiger partial charge in [-0.1, -0.05) is 0 Å². The molecule has 0 spiro atoms. The van der Waals surface area contributed by atoms with E-state index in [-0.39, 0.29) is 23.0 Å². The fraction of sp³-hybridized carbons (Fsp3) is 0.455. The first-order valence-electron chi connectivity index (χ1n) is 4.74. The Morgan fingerprint density at radius 2 is 1.81 bits per heavy atom. The first kappa shape index (κ1) is 15.7. The number of benzene rings is 1. The lowest BCUT2D eigenvalue weighted by Gasteiger charge is -2.13. The Kier molecular flexibility index (Phi) is 7.03. The number of methoxy groups -OCH3 is 2. The van der Waals surface area contributed by atoms with Crippen molar-refractivity contribution in [2.75, 3.05) is 14.2 Å². The number of hydrogen-bond acceptors (Lipinski definition) is 3. The molecule has 16 heavy (non-hydrogen) atoms. The Morgan fingerprint density at radius 1 is 1.25 bits per heavy atom. The summed E-state index contributed by atoms with van der Waals surface area (Å²) in [4.78, 5) is 0. The van der Waals surface area contributed by atoms with Gasteiger partial charge >= 0.3 is 0 Å². The van der Waals surface area contributed by atoms with Crippen molar-refractivity contribution >= 4 is 32.9 Å². The second-order valence-electron chi connectivity index (χ2n) is 3.48. The summed E-state index contributed by atoms with van der Waals surface area (Å²) < 4.78 is 11.4. The maximum absolute atomic E-state index is 5.77. The van der Waals surface area contributed by atoms with Crippen molar-refractivity contribution in [1.82, 2.24) is 0 Å². The van der Waals surface area contributed by atoms with Crippen LogP contribution in [0.2, 0.25) is 0 Å². The van der Waals surface area contributed by atoms with Crippen LogP contribution in [-0.2, 0) is 6.42 Å². The maximum Gasteiger partial charge on any atom is 0.133 e. The van der Waals surface area contributed by atoms with Crippen molar-refractivity contribution in [2.24, 2.45) is 5.73 Å². The molecular weight excluding hydrogens is 338 g/mol. The van der Waals surface area contributed by atoms with Crippen LogP contribution in [0, 0.1) is 0 Å². The highest BCUT2D eigenvalue weighted by molar-refractivity contribution is 9.10. The van der Waals surface area contributed by atoms with Crippen LogP contribution in [0.4, 0.5) is 0 Å². The molecular formula is C11H17Br2NO2. The van der Waals surface area contributed by atoms with Crippen molar-refractivity contribution in [3.05, 3.63) is 22.2 Å². The van der Waals surface area contributed by atoms with Gasteiger partial charge in [-0.05, 0) is 47.0 Å². The predicted molar refractivity (Wildman–Crippen MR) is 74.9 cm³/mol. The Morgan fingerprint density at radius 3 is 2.25 bits per heavy atom. The first-order valence-corrected chi connectivity index (χ1v) is 5.53. The van der Waals surface area contributed by atoms with Crippen molar-refractivity contribution in [2.45, 2.75) is 19.4 Å². The van der Waals surface area contributed by atoms with Crippen LogP contribution in [0.15, 0.2) is 16.6 Å². The molecule has 0 saturated carbocycles. The van der Waals surface area contributed by atoms with Gasteiger partial charge < -0.3 is 15.2 Å². The fourth-order valence-electron chi connectivity index (χ4n) is 1.43. The average Bonchev–Trinajstić information content (AvgIpc) is 2.19. The zero-order valence-corrected chi connectivity index (χ0v) is 12.9. The third-order valence-electron chi connectivity index (χ3n) is 2.10.